The zero-order valence-electron chi connectivity index (χ0n) is 64.0. The third-order valence-corrected chi connectivity index (χ3v) is 30.4. The highest BCUT2D eigenvalue weighted by Gasteiger charge is 2.57. The summed E-state index contributed by atoms with van der Waals surface area (Å²) in [5.41, 5.74) is 17.6. The Morgan fingerprint density at radius 2 is 0.698 bits per heavy atom. The van der Waals surface area contributed by atoms with Gasteiger partial charge in [0.2, 0.25) is 0 Å². The molecule has 0 unspecified atom stereocenters. The molecule has 16 aliphatic rings. The predicted octanol–water partition coefficient (Wildman–Crippen LogP) is 21.2. The van der Waals surface area contributed by atoms with Crippen LogP contribution in [0.1, 0.15) is 231 Å². The lowest BCUT2D eigenvalue weighted by Crippen LogP contribution is -2.48. The number of aromatic hydroxyl groups is 5. The van der Waals surface area contributed by atoms with Gasteiger partial charge in [0.15, 0.2) is 6.29 Å². The van der Waals surface area contributed by atoms with Gasteiger partial charge in [-0.3, -0.25) is 4.79 Å². The normalized spacial score (nSPS) is 32.0. The van der Waals surface area contributed by atoms with E-state index < -0.39 is 0 Å². The highest BCUT2D eigenvalue weighted by atomic mass is 79.9. The third kappa shape index (κ3) is 13.3. The van der Waals surface area contributed by atoms with E-state index in [2.05, 4.69) is 156 Å². The van der Waals surface area contributed by atoms with Crippen molar-refractivity contribution in [2.24, 2.45) is 71.0 Å². The number of phenolic OH excluding ortho intramolecular Hbond substituents is 4. The number of hydrogen-bond donors (Lipinski definition) is 6. The molecule has 0 atom stereocenters. The number of halogens is 1. The van der Waals surface area contributed by atoms with Gasteiger partial charge in [-0.15, -0.1) is 0 Å². The Balaban J connectivity index is 0.000000114. The minimum absolute atomic E-state index is 0.0626. The number of aromatic nitrogens is 1. The van der Waals surface area contributed by atoms with Crippen molar-refractivity contribution in [3.8, 4) is 34.4 Å². The number of carbonyl (C=O) groups excluding carboxylic acids is 1. The first-order valence-corrected chi connectivity index (χ1v) is 42.3. The number of carbonyl (C=O) groups is 1. The van der Waals surface area contributed by atoms with Crippen LogP contribution >= 0.6 is 15.9 Å². The van der Waals surface area contributed by atoms with Gasteiger partial charge in [0.05, 0.1) is 28.9 Å². The number of para-hydroxylation sites is 3. The molecule has 24 rings (SSSR count). The molecule has 0 saturated heterocycles. The van der Waals surface area contributed by atoms with E-state index in [1.54, 1.807) is 6.07 Å². The molecule has 0 spiro atoms. The quantitative estimate of drug-likeness (QED) is 0.0436. The first-order valence-electron chi connectivity index (χ1n) is 41.2. The first kappa shape index (κ1) is 72.2. The molecule has 16 aliphatic carbocycles. The maximum absolute atomic E-state index is 11.7. The average Bonchev–Trinajstić information content (AvgIpc) is 1.11. The summed E-state index contributed by atoms with van der Waals surface area (Å²) in [7, 11) is 4.27. The van der Waals surface area contributed by atoms with Gasteiger partial charge < -0.3 is 45.0 Å². The molecule has 16 saturated carbocycles. The van der Waals surface area contributed by atoms with E-state index in [9.17, 15) is 35.4 Å². The molecular weight excluding hydrogens is 1370 g/mol. The summed E-state index contributed by atoms with van der Waals surface area (Å²) in [5, 5.41) is 67.8. The van der Waals surface area contributed by atoms with Crippen molar-refractivity contribution in [3.05, 3.63) is 188 Å². The van der Waals surface area contributed by atoms with Crippen LogP contribution in [0.5, 0.6) is 28.7 Å². The summed E-state index contributed by atoms with van der Waals surface area (Å²) in [6, 6.07) is 39.8. The molecule has 0 aliphatic heterocycles. The zero-order chi connectivity index (χ0) is 73.3. The number of alkyl halides is 1. The number of aldehydes is 1. The predicted molar refractivity (Wildman–Crippen MR) is 430 cm³/mol. The first-order chi connectivity index (χ1) is 51.1. The van der Waals surface area contributed by atoms with Gasteiger partial charge in [-0.2, -0.15) is 0 Å². The van der Waals surface area contributed by atoms with Gasteiger partial charge in [-0.1, -0.05) is 124 Å². The number of rotatable bonds is 15. The van der Waals surface area contributed by atoms with Crippen LogP contribution in [0, 0.1) is 98.7 Å². The second-order valence-corrected chi connectivity index (χ2v) is 38.6. The van der Waals surface area contributed by atoms with E-state index in [-0.39, 0.29) is 28.6 Å². The fourth-order valence-electron chi connectivity index (χ4n) is 27.3. The van der Waals surface area contributed by atoms with Crippen LogP contribution in [-0.4, -0.2) is 78.5 Å². The Hall–Kier alpha value is -6.63. The van der Waals surface area contributed by atoms with Crippen LogP contribution in [0.25, 0.3) is 27.5 Å². The topological polar surface area (TPSA) is 150 Å². The molecule has 1 heterocycles. The largest absolute Gasteiger partial charge is 0.507 e. The molecule has 7 aromatic carbocycles. The van der Waals surface area contributed by atoms with Crippen molar-refractivity contribution in [1.29, 1.82) is 0 Å². The molecule has 6 N–H and O–H groups in total. The number of benzene rings is 7. The summed E-state index contributed by atoms with van der Waals surface area (Å²) in [6.45, 7) is 11.5. The van der Waals surface area contributed by atoms with E-state index in [4.69, 9.17) is 0 Å². The number of aliphatic hydroxyl groups excluding tert-OH is 1. The highest BCUT2D eigenvalue weighted by Crippen LogP contribution is 2.66. The lowest BCUT2D eigenvalue weighted by molar-refractivity contribution is -0.00640. The molecular formula is C95H116BrN3O7. The van der Waals surface area contributed by atoms with Gasteiger partial charge in [-0.25, -0.2) is 0 Å². The number of hydrogen-bond acceptors (Lipinski definition) is 9. The van der Waals surface area contributed by atoms with Crippen LogP contribution in [-0.2, 0) is 46.7 Å². The third-order valence-electron chi connectivity index (χ3n) is 29.8. The summed E-state index contributed by atoms with van der Waals surface area (Å²) in [6.07, 6.45) is 33.0. The molecule has 10 nitrogen and oxygen atoms in total. The van der Waals surface area contributed by atoms with Crippen LogP contribution in [0.3, 0.4) is 0 Å². The molecule has 16 bridgehead atoms. The summed E-state index contributed by atoms with van der Waals surface area (Å²) >= 11 is 3.53. The van der Waals surface area contributed by atoms with E-state index in [0.717, 1.165) is 158 Å². The van der Waals surface area contributed by atoms with Crippen LogP contribution < -0.4 is 0 Å². The fourth-order valence-corrected chi connectivity index (χ4v) is 27.8. The summed E-state index contributed by atoms with van der Waals surface area (Å²) in [4.78, 5) is 15.8. The Morgan fingerprint density at radius 1 is 0.387 bits per heavy atom. The standard InChI is InChI=1S/C41H47N3O2.C18H23BrO.C18H24O2.C18H22O2/c1-27-17-32(39(45)35(18-27)41-22-28-19-29(23-41)21-30(20-28)24-41)26-43(3)16-15-42(2)25-31-9-8-14-38(40(31)46)44-36-12-6-4-10-33(36)34-11-5-7-13-37(34)44;3*1-11-2-15(10-19)17(20)16(3-11)18-7-12-4-13(8-18)6-14(5-12)9-18/h4-14,17-18,28-30,45-46H,15-16,19-26H2,1-3H3;2-3,12-14,20H,4-10H2,1H3;2-3,12-14,19-20H,4-10H2,1H3;2-3,10,12-14,20H,4-9H2,1H3. The number of aliphatic hydroxyl groups is 1. The van der Waals surface area contributed by atoms with Gasteiger partial charge in [-0.05, 0) is 318 Å². The smallest absolute Gasteiger partial charge is 0.153 e. The van der Waals surface area contributed by atoms with Crippen LogP contribution in [0.15, 0.2) is 115 Å². The Kier molecular flexibility index (Phi) is 19.3. The second-order valence-electron chi connectivity index (χ2n) is 38.0. The van der Waals surface area contributed by atoms with Crippen molar-refractivity contribution in [2.75, 3.05) is 27.2 Å². The Bertz CT molecular complexity index is 4360. The number of likely N-dealkylation sites (N-methyl/N-ethyl adjacent to an activating group) is 2. The van der Waals surface area contributed by atoms with Crippen LogP contribution in [0.4, 0.5) is 0 Å². The molecule has 16 fully saturated rings. The second kappa shape index (κ2) is 28.4. The van der Waals surface area contributed by atoms with E-state index in [1.165, 1.54) is 187 Å². The SMILES string of the molecule is Cc1cc(C=O)c(O)c(C23CC4CC(CC(C4)C2)C3)c1.Cc1cc(CBr)c(O)c(C23CC4CC(CC(C4)C2)C3)c1.Cc1cc(CN(C)CCN(C)Cc2cccc(-n3c4ccccc4c4ccccc43)c2O)c(O)c(C23CC4CC(CC(C4)C2)C3)c1.Cc1cc(CO)c(O)c(C23CC4CC(CC(C4)C2)C3)c1. The maximum atomic E-state index is 11.7. The number of fused-ring (bicyclic) bond motifs is 3. The number of phenols is 5. The monoisotopic (exact) mass is 1490 g/mol. The van der Waals surface area contributed by atoms with Crippen molar-refractivity contribution >= 4 is 44.0 Å². The van der Waals surface area contributed by atoms with Gasteiger partial charge in [0.1, 0.15) is 28.7 Å². The molecule has 1 aromatic heterocycles. The minimum Gasteiger partial charge on any atom is -0.507 e. The van der Waals surface area contributed by atoms with Crippen LogP contribution in [0.2, 0.25) is 0 Å². The maximum Gasteiger partial charge on any atom is 0.153 e. The molecule has 106 heavy (non-hydrogen) atoms. The zero-order valence-corrected chi connectivity index (χ0v) is 65.6. The number of nitrogens with zero attached hydrogens (tertiary/aromatic N) is 3. The van der Waals surface area contributed by atoms with Crippen molar-refractivity contribution < 1.29 is 35.4 Å². The van der Waals surface area contributed by atoms with Crippen molar-refractivity contribution in [3.63, 3.8) is 0 Å². The molecule has 8 aromatic rings. The van der Waals surface area contributed by atoms with E-state index >= 15 is 0 Å². The van der Waals surface area contributed by atoms with E-state index in [1.807, 2.05) is 25.1 Å². The van der Waals surface area contributed by atoms with Crippen molar-refractivity contribution in [1.82, 2.24) is 14.4 Å². The Morgan fingerprint density at radius 3 is 1.06 bits per heavy atom. The van der Waals surface area contributed by atoms with Gasteiger partial charge >= 0.3 is 0 Å². The minimum atomic E-state index is -0.0626. The highest BCUT2D eigenvalue weighted by molar-refractivity contribution is 9.08. The van der Waals surface area contributed by atoms with Gasteiger partial charge in [0.25, 0.3) is 0 Å². The molecule has 560 valence electrons. The Labute approximate surface area is 638 Å². The van der Waals surface area contributed by atoms with E-state index in [0.29, 0.717) is 46.1 Å². The lowest BCUT2D eigenvalue weighted by atomic mass is 9.48. The fraction of sp³-hybridized carbons (Fsp3) is 0.547. The van der Waals surface area contributed by atoms with Gasteiger partial charge in [0, 0.05) is 86.8 Å². The molecule has 0 amide bonds. The summed E-state index contributed by atoms with van der Waals surface area (Å²) in [5.74, 6) is 12.6. The summed E-state index contributed by atoms with van der Waals surface area (Å²) < 4.78 is 2.18. The lowest BCUT2D eigenvalue weighted by Gasteiger charge is -2.57. The number of aryl methyl sites for hydroxylation is 4. The molecule has 11 heteroatoms. The van der Waals surface area contributed by atoms with Crippen molar-refractivity contribution in [2.45, 2.75) is 228 Å². The average molecular weight is 1490 g/mol. The molecule has 0 radical (unpaired) electrons.